The first-order valence-electron chi connectivity index (χ1n) is 6.69. The van der Waals surface area contributed by atoms with E-state index >= 15 is 0 Å². The number of ketones is 1. The molecule has 0 spiro atoms. The van der Waals surface area contributed by atoms with Gasteiger partial charge in [0.25, 0.3) is 5.56 Å². The Bertz CT molecular complexity index is 542. The largest absolute Gasteiger partial charge is 0.431 e. The van der Waals surface area contributed by atoms with E-state index in [9.17, 15) is 22.8 Å². The Labute approximate surface area is 114 Å². The van der Waals surface area contributed by atoms with Crippen LogP contribution in [-0.4, -0.2) is 10.4 Å². The van der Waals surface area contributed by atoms with Crippen molar-refractivity contribution < 1.29 is 18.0 Å². The van der Waals surface area contributed by atoms with Crippen LogP contribution in [0.4, 0.5) is 13.2 Å². The van der Waals surface area contributed by atoms with E-state index in [4.69, 9.17) is 0 Å². The van der Waals surface area contributed by atoms with Crippen molar-refractivity contribution in [1.82, 2.24) is 4.57 Å². The Morgan fingerprint density at radius 3 is 2.45 bits per heavy atom. The van der Waals surface area contributed by atoms with Crippen LogP contribution in [-0.2, 0) is 17.5 Å². The van der Waals surface area contributed by atoms with Crippen LogP contribution in [0.2, 0.25) is 0 Å². The summed E-state index contributed by atoms with van der Waals surface area (Å²) in [6.45, 7) is -0.487. The molecule has 110 valence electrons. The molecule has 1 aliphatic rings. The number of hydrogen-bond acceptors (Lipinski definition) is 2. The molecular formula is C14H16F3NO2. The van der Waals surface area contributed by atoms with E-state index in [0.29, 0.717) is 17.4 Å². The van der Waals surface area contributed by atoms with Gasteiger partial charge in [0.2, 0.25) is 0 Å². The minimum atomic E-state index is -4.63. The first-order valence-corrected chi connectivity index (χ1v) is 6.69. The SMILES string of the molecule is O=C(Cn1c(C(F)(F)F)cccc1=O)C1CCCCC1. The third kappa shape index (κ3) is 3.29. The van der Waals surface area contributed by atoms with E-state index in [1.54, 1.807) is 0 Å². The first kappa shape index (κ1) is 14.8. The third-order valence-corrected chi connectivity index (χ3v) is 3.71. The molecule has 0 unspecified atom stereocenters. The molecule has 1 aromatic heterocycles. The topological polar surface area (TPSA) is 39.1 Å². The summed E-state index contributed by atoms with van der Waals surface area (Å²) >= 11 is 0. The zero-order valence-electron chi connectivity index (χ0n) is 10.9. The summed E-state index contributed by atoms with van der Waals surface area (Å²) in [6.07, 6.45) is -0.307. The van der Waals surface area contributed by atoms with E-state index in [1.807, 2.05) is 0 Å². The number of pyridine rings is 1. The van der Waals surface area contributed by atoms with Crippen LogP contribution in [0.3, 0.4) is 0 Å². The van der Waals surface area contributed by atoms with Crippen LogP contribution < -0.4 is 5.56 Å². The lowest BCUT2D eigenvalue weighted by molar-refractivity contribution is -0.145. The van der Waals surface area contributed by atoms with Crippen LogP contribution in [0.5, 0.6) is 0 Å². The van der Waals surface area contributed by atoms with E-state index in [2.05, 4.69) is 0 Å². The zero-order valence-corrected chi connectivity index (χ0v) is 10.9. The van der Waals surface area contributed by atoms with E-state index in [1.165, 1.54) is 0 Å². The number of aromatic nitrogens is 1. The Hall–Kier alpha value is -1.59. The fourth-order valence-corrected chi connectivity index (χ4v) is 2.64. The average molecular weight is 287 g/mol. The number of halogens is 3. The van der Waals surface area contributed by atoms with Gasteiger partial charge in [-0.1, -0.05) is 25.3 Å². The number of rotatable bonds is 3. The monoisotopic (exact) mass is 287 g/mol. The van der Waals surface area contributed by atoms with E-state index in [0.717, 1.165) is 37.5 Å². The van der Waals surface area contributed by atoms with Crippen molar-refractivity contribution in [2.24, 2.45) is 5.92 Å². The highest BCUT2D eigenvalue weighted by Crippen LogP contribution is 2.29. The van der Waals surface area contributed by atoms with Gasteiger partial charge in [-0.25, -0.2) is 0 Å². The molecule has 0 atom stereocenters. The quantitative estimate of drug-likeness (QED) is 0.857. The zero-order chi connectivity index (χ0) is 14.8. The van der Waals surface area contributed by atoms with Crippen molar-refractivity contribution >= 4 is 5.78 Å². The molecule has 1 heterocycles. The minimum Gasteiger partial charge on any atom is -0.297 e. The maximum absolute atomic E-state index is 12.8. The molecule has 0 bridgehead atoms. The molecule has 0 saturated heterocycles. The summed E-state index contributed by atoms with van der Waals surface area (Å²) in [5.74, 6) is -0.486. The molecule has 20 heavy (non-hydrogen) atoms. The highest BCUT2D eigenvalue weighted by atomic mass is 19.4. The fraction of sp³-hybridized carbons (Fsp3) is 0.571. The average Bonchev–Trinajstić information content (AvgIpc) is 2.40. The van der Waals surface area contributed by atoms with Gasteiger partial charge in [-0.05, 0) is 18.9 Å². The fourth-order valence-electron chi connectivity index (χ4n) is 2.64. The van der Waals surface area contributed by atoms with Gasteiger partial charge < -0.3 is 0 Å². The van der Waals surface area contributed by atoms with Crippen molar-refractivity contribution in [3.05, 3.63) is 34.2 Å². The van der Waals surface area contributed by atoms with Crippen LogP contribution in [0, 0.1) is 5.92 Å². The molecule has 1 aliphatic carbocycles. The third-order valence-electron chi connectivity index (χ3n) is 3.71. The summed E-state index contributed by atoms with van der Waals surface area (Å²) in [5.41, 5.74) is -1.85. The van der Waals surface area contributed by atoms with Crippen LogP contribution >= 0.6 is 0 Å². The number of alkyl halides is 3. The van der Waals surface area contributed by atoms with Gasteiger partial charge in [-0.3, -0.25) is 14.2 Å². The predicted octanol–water partition coefficient (Wildman–Crippen LogP) is 3.02. The first-order chi connectivity index (χ1) is 9.39. The van der Waals surface area contributed by atoms with Crippen LogP contribution in [0.1, 0.15) is 37.8 Å². The second-order valence-corrected chi connectivity index (χ2v) is 5.13. The minimum absolute atomic E-state index is 0.211. The maximum atomic E-state index is 12.8. The highest BCUT2D eigenvalue weighted by Gasteiger charge is 2.35. The molecule has 0 radical (unpaired) electrons. The van der Waals surface area contributed by atoms with Crippen molar-refractivity contribution in [3.8, 4) is 0 Å². The number of nitrogens with zero attached hydrogens (tertiary/aromatic N) is 1. The van der Waals surface area contributed by atoms with E-state index in [-0.39, 0.29) is 11.7 Å². The molecular weight excluding hydrogens is 271 g/mol. The Morgan fingerprint density at radius 2 is 1.85 bits per heavy atom. The smallest absolute Gasteiger partial charge is 0.297 e. The summed E-state index contributed by atoms with van der Waals surface area (Å²) in [5, 5.41) is 0. The van der Waals surface area contributed by atoms with Gasteiger partial charge in [0.1, 0.15) is 5.69 Å². The van der Waals surface area contributed by atoms with E-state index < -0.39 is 24.0 Å². The van der Waals surface area contributed by atoms with Gasteiger partial charge in [-0.2, -0.15) is 13.2 Å². The summed E-state index contributed by atoms with van der Waals surface area (Å²) in [4.78, 5) is 23.7. The maximum Gasteiger partial charge on any atom is 0.431 e. The lowest BCUT2D eigenvalue weighted by Gasteiger charge is -2.21. The van der Waals surface area contributed by atoms with Crippen LogP contribution in [0.15, 0.2) is 23.0 Å². The Morgan fingerprint density at radius 1 is 1.20 bits per heavy atom. The molecule has 1 saturated carbocycles. The lowest BCUT2D eigenvalue weighted by Crippen LogP contribution is -2.32. The molecule has 1 fully saturated rings. The molecule has 6 heteroatoms. The molecule has 0 N–H and O–H groups in total. The van der Waals surface area contributed by atoms with Crippen LogP contribution in [0.25, 0.3) is 0 Å². The van der Waals surface area contributed by atoms with Crippen molar-refractivity contribution in [1.29, 1.82) is 0 Å². The summed E-state index contributed by atoms with van der Waals surface area (Å²) < 4.78 is 39.1. The molecule has 0 aromatic carbocycles. The van der Waals surface area contributed by atoms with Gasteiger partial charge in [-0.15, -0.1) is 0 Å². The Kier molecular flexibility index (Phi) is 4.30. The van der Waals surface area contributed by atoms with Crippen molar-refractivity contribution in [2.75, 3.05) is 0 Å². The van der Waals surface area contributed by atoms with Gasteiger partial charge in [0.15, 0.2) is 5.78 Å². The predicted molar refractivity (Wildman–Crippen MR) is 67.3 cm³/mol. The highest BCUT2D eigenvalue weighted by molar-refractivity contribution is 5.81. The van der Waals surface area contributed by atoms with Crippen molar-refractivity contribution in [3.63, 3.8) is 0 Å². The normalized spacial score (nSPS) is 17.1. The number of carbonyl (C=O) groups excluding carboxylic acids is 1. The molecule has 0 amide bonds. The summed E-state index contributed by atoms with van der Waals surface area (Å²) in [6, 6.07) is 2.94. The second kappa shape index (κ2) is 5.81. The summed E-state index contributed by atoms with van der Waals surface area (Å²) in [7, 11) is 0. The second-order valence-electron chi connectivity index (χ2n) is 5.13. The van der Waals surface area contributed by atoms with Gasteiger partial charge >= 0.3 is 6.18 Å². The van der Waals surface area contributed by atoms with Gasteiger partial charge in [0.05, 0.1) is 6.54 Å². The van der Waals surface area contributed by atoms with Gasteiger partial charge in [0, 0.05) is 12.0 Å². The number of carbonyl (C=O) groups is 1. The molecule has 3 nitrogen and oxygen atoms in total. The number of hydrogen-bond donors (Lipinski definition) is 0. The lowest BCUT2D eigenvalue weighted by atomic mass is 9.86. The van der Waals surface area contributed by atoms with Crippen molar-refractivity contribution in [2.45, 2.75) is 44.8 Å². The molecule has 2 rings (SSSR count). The standard InChI is InChI=1S/C14H16F3NO2/c15-14(16,17)12-7-4-8-13(20)18(12)9-11(19)10-5-2-1-3-6-10/h4,7-8,10H,1-3,5-6,9H2. The Balaban J connectivity index is 2.24. The molecule has 1 aromatic rings. The number of Topliss-reactive ketones (excluding diaryl/α,β-unsaturated/α-hetero) is 1. The molecule has 0 aliphatic heterocycles.